The van der Waals surface area contributed by atoms with E-state index in [0.29, 0.717) is 5.69 Å². The van der Waals surface area contributed by atoms with Gasteiger partial charge in [-0.25, -0.2) is 4.98 Å². The summed E-state index contributed by atoms with van der Waals surface area (Å²) < 4.78 is 1.78. The summed E-state index contributed by atoms with van der Waals surface area (Å²) in [5.74, 6) is 0.984. The fourth-order valence-electron chi connectivity index (χ4n) is 1.56. The lowest BCUT2D eigenvalue weighted by Gasteiger charge is -2.14. The van der Waals surface area contributed by atoms with Gasteiger partial charge in [0.25, 0.3) is 0 Å². The van der Waals surface area contributed by atoms with Crippen LogP contribution in [0.2, 0.25) is 0 Å². The van der Waals surface area contributed by atoms with E-state index in [2.05, 4.69) is 10.1 Å². The highest BCUT2D eigenvalue weighted by atomic mass is 15.3. The van der Waals surface area contributed by atoms with Crippen molar-refractivity contribution < 1.29 is 0 Å². The van der Waals surface area contributed by atoms with Crippen LogP contribution < -0.4 is 10.6 Å². The maximum absolute atomic E-state index is 5.91. The molecule has 0 fully saturated rings. The number of hydrogen-bond acceptors (Lipinski definition) is 4. The van der Waals surface area contributed by atoms with Gasteiger partial charge in [-0.15, -0.1) is 0 Å². The van der Waals surface area contributed by atoms with E-state index in [4.69, 9.17) is 5.73 Å². The molecule has 0 aliphatic heterocycles. The second kappa shape index (κ2) is 3.12. The van der Waals surface area contributed by atoms with Gasteiger partial charge in [-0.05, 0) is 13.8 Å². The topological polar surface area (TPSA) is 59.5 Å². The van der Waals surface area contributed by atoms with Crippen molar-refractivity contribution in [3.8, 4) is 0 Å². The zero-order chi connectivity index (χ0) is 11.2. The van der Waals surface area contributed by atoms with Crippen LogP contribution in [0.3, 0.4) is 0 Å². The fourth-order valence-corrected chi connectivity index (χ4v) is 1.56. The third-order valence-electron chi connectivity index (χ3n) is 2.38. The van der Waals surface area contributed by atoms with Gasteiger partial charge in [-0.1, -0.05) is 0 Å². The molecule has 0 aromatic carbocycles. The van der Waals surface area contributed by atoms with Gasteiger partial charge >= 0.3 is 0 Å². The molecular formula is C10H15N5. The zero-order valence-corrected chi connectivity index (χ0v) is 9.44. The molecule has 15 heavy (non-hydrogen) atoms. The summed E-state index contributed by atoms with van der Waals surface area (Å²) in [6.07, 6.45) is 0. The molecule has 2 aromatic rings. The number of nitrogens with zero attached hydrogens (tertiary/aromatic N) is 4. The van der Waals surface area contributed by atoms with E-state index in [9.17, 15) is 0 Å². The van der Waals surface area contributed by atoms with Crippen molar-refractivity contribution in [3.63, 3.8) is 0 Å². The molecule has 5 heteroatoms. The average Bonchev–Trinajstić information content (AvgIpc) is 2.43. The molecule has 0 atom stereocenters. The second-order valence-electron chi connectivity index (χ2n) is 3.88. The van der Waals surface area contributed by atoms with E-state index in [1.165, 1.54) is 0 Å². The Labute approximate surface area is 88.5 Å². The Hall–Kier alpha value is -1.78. The van der Waals surface area contributed by atoms with Crippen molar-refractivity contribution in [2.45, 2.75) is 13.8 Å². The van der Waals surface area contributed by atoms with Crippen LogP contribution >= 0.6 is 0 Å². The summed E-state index contributed by atoms with van der Waals surface area (Å²) >= 11 is 0. The molecule has 2 aromatic heterocycles. The van der Waals surface area contributed by atoms with E-state index in [1.54, 1.807) is 4.52 Å². The average molecular weight is 205 g/mol. The first kappa shape index (κ1) is 9.76. The molecule has 80 valence electrons. The van der Waals surface area contributed by atoms with Crippen molar-refractivity contribution in [1.29, 1.82) is 0 Å². The number of rotatable bonds is 1. The molecule has 0 radical (unpaired) electrons. The van der Waals surface area contributed by atoms with E-state index < -0.39 is 0 Å². The summed E-state index contributed by atoms with van der Waals surface area (Å²) in [5, 5.41) is 4.36. The van der Waals surface area contributed by atoms with Gasteiger partial charge in [0.2, 0.25) is 0 Å². The molecule has 2 N–H and O–H groups in total. The van der Waals surface area contributed by atoms with E-state index in [1.807, 2.05) is 38.9 Å². The molecular weight excluding hydrogens is 190 g/mol. The van der Waals surface area contributed by atoms with Crippen LogP contribution in [0.1, 0.15) is 11.4 Å². The van der Waals surface area contributed by atoms with Crippen molar-refractivity contribution in [3.05, 3.63) is 17.5 Å². The molecule has 0 aliphatic rings. The second-order valence-corrected chi connectivity index (χ2v) is 3.88. The number of anilines is 2. The molecule has 0 saturated carbocycles. The fraction of sp³-hybridized carbons (Fsp3) is 0.400. The van der Waals surface area contributed by atoms with E-state index in [-0.39, 0.29) is 0 Å². The highest BCUT2D eigenvalue weighted by Crippen LogP contribution is 2.21. The third kappa shape index (κ3) is 1.40. The van der Waals surface area contributed by atoms with Gasteiger partial charge in [-0.2, -0.15) is 9.61 Å². The lowest BCUT2D eigenvalue weighted by atomic mass is 10.3. The first-order valence-electron chi connectivity index (χ1n) is 4.80. The first-order valence-corrected chi connectivity index (χ1v) is 4.80. The summed E-state index contributed by atoms with van der Waals surface area (Å²) in [6.45, 7) is 3.84. The Morgan fingerprint density at radius 1 is 1.33 bits per heavy atom. The number of nitrogens with two attached hydrogens (primary N) is 1. The Kier molecular flexibility index (Phi) is 2.03. The molecule has 0 saturated heterocycles. The van der Waals surface area contributed by atoms with Crippen LogP contribution in [0.4, 0.5) is 11.5 Å². The molecule has 0 amide bonds. The van der Waals surface area contributed by atoms with Gasteiger partial charge in [0, 0.05) is 25.9 Å². The molecule has 2 rings (SSSR count). The van der Waals surface area contributed by atoms with Crippen molar-refractivity contribution >= 4 is 17.2 Å². The third-order valence-corrected chi connectivity index (χ3v) is 2.38. The first-order chi connectivity index (χ1) is 7.00. The van der Waals surface area contributed by atoms with Gasteiger partial charge in [0.15, 0.2) is 5.65 Å². The van der Waals surface area contributed by atoms with Crippen LogP contribution in [0.15, 0.2) is 6.07 Å². The number of nitrogen functional groups attached to an aromatic ring is 1. The maximum Gasteiger partial charge on any atom is 0.181 e. The molecule has 2 heterocycles. The van der Waals surface area contributed by atoms with E-state index >= 15 is 0 Å². The van der Waals surface area contributed by atoms with E-state index in [0.717, 1.165) is 22.9 Å². The van der Waals surface area contributed by atoms with Crippen molar-refractivity contribution in [1.82, 2.24) is 14.6 Å². The minimum absolute atomic E-state index is 0.654. The normalized spacial score (nSPS) is 10.9. The van der Waals surface area contributed by atoms with Crippen molar-refractivity contribution in [2.24, 2.45) is 0 Å². The van der Waals surface area contributed by atoms with Crippen LogP contribution in [0.5, 0.6) is 0 Å². The van der Waals surface area contributed by atoms with Gasteiger partial charge < -0.3 is 10.6 Å². The Morgan fingerprint density at radius 2 is 2.00 bits per heavy atom. The van der Waals surface area contributed by atoms with Crippen LogP contribution in [-0.2, 0) is 0 Å². The number of fused-ring (bicyclic) bond motifs is 1. The molecule has 0 unspecified atom stereocenters. The van der Waals surface area contributed by atoms with Gasteiger partial charge in [0.1, 0.15) is 11.5 Å². The molecule has 5 nitrogen and oxygen atoms in total. The standard InChI is InChI=1S/C10H15N5/c1-6-5-8(14(3)4)15-10(12-6)9(11)7(2)13-15/h5H,11H2,1-4H3. The highest BCUT2D eigenvalue weighted by Gasteiger charge is 2.12. The lowest BCUT2D eigenvalue weighted by molar-refractivity contribution is 0.875. The van der Waals surface area contributed by atoms with Crippen LogP contribution in [-0.4, -0.2) is 28.7 Å². The summed E-state index contributed by atoms with van der Waals surface area (Å²) in [5.41, 5.74) is 9.06. The Morgan fingerprint density at radius 3 is 2.60 bits per heavy atom. The largest absolute Gasteiger partial charge is 0.394 e. The Balaban J connectivity index is 2.86. The number of aromatic nitrogens is 3. The summed E-state index contributed by atoms with van der Waals surface area (Å²) in [4.78, 5) is 6.38. The summed E-state index contributed by atoms with van der Waals surface area (Å²) in [6, 6.07) is 1.98. The molecule has 0 aliphatic carbocycles. The Bertz CT molecular complexity index is 512. The zero-order valence-electron chi connectivity index (χ0n) is 9.44. The van der Waals surface area contributed by atoms with Gasteiger partial charge in [0.05, 0.1) is 5.69 Å². The van der Waals surface area contributed by atoms with Gasteiger partial charge in [-0.3, -0.25) is 0 Å². The minimum Gasteiger partial charge on any atom is -0.394 e. The molecule has 0 bridgehead atoms. The predicted octanol–water partition coefficient (Wildman–Crippen LogP) is 0.994. The summed E-state index contributed by atoms with van der Waals surface area (Å²) in [7, 11) is 3.95. The highest BCUT2D eigenvalue weighted by molar-refractivity contribution is 5.69. The number of aryl methyl sites for hydroxylation is 2. The smallest absolute Gasteiger partial charge is 0.181 e. The molecule has 0 spiro atoms. The SMILES string of the molecule is Cc1cc(N(C)C)n2nc(C)c(N)c2n1. The van der Waals surface area contributed by atoms with Crippen LogP contribution in [0.25, 0.3) is 5.65 Å². The minimum atomic E-state index is 0.654. The van der Waals surface area contributed by atoms with Crippen molar-refractivity contribution in [2.75, 3.05) is 24.7 Å². The quantitative estimate of drug-likeness (QED) is 0.754. The monoisotopic (exact) mass is 205 g/mol. The van der Waals surface area contributed by atoms with Crippen LogP contribution in [0, 0.1) is 13.8 Å². The lowest BCUT2D eigenvalue weighted by Crippen LogP contribution is -2.14. The predicted molar refractivity (Wildman–Crippen MR) is 61.2 cm³/mol. The maximum atomic E-state index is 5.91. The number of hydrogen-bond donors (Lipinski definition) is 1.